The lowest BCUT2D eigenvalue weighted by Gasteiger charge is -2.22. The van der Waals surface area contributed by atoms with Crippen molar-refractivity contribution in [2.75, 3.05) is 0 Å². The van der Waals surface area contributed by atoms with Crippen LogP contribution in [-0.2, 0) is 0 Å². The Morgan fingerprint density at radius 1 is 1.06 bits per heavy atom. The predicted molar refractivity (Wildman–Crippen MR) is 69.9 cm³/mol. The maximum atomic E-state index is 9.66. The van der Waals surface area contributed by atoms with Gasteiger partial charge >= 0.3 is 0 Å². The molecule has 0 amide bonds. The van der Waals surface area contributed by atoms with Crippen LogP contribution in [0.5, 0.6) is 5.75 Å². The van der Waals surface area contributed by atoms with E-state index >= 15 is 0 Å². The van der Waals surface area contributed by atoms with Crippen LogP contribution in [0.15, 0.2) is 24.3 Å². The highest BCUT2D eigenvalue weighted by molar-refractivity contribution is 5.34. The van der Waals surface area contributed by atoms with Crippen molar-refractivity contribution in [2.24, 2.45) is 0 Å². The van der Waals surface area contributed by atoms with Crippen molar-refractivity contribution in [1.82, 2.24) is 0 Å². The van der Waals surface area contributed by atoms with E-state index in [9.17, 15) is 5.11 Å². The van der Waals surface area contributed by atoms with Crippen LogP contribution in [0.3, 0.4) is 0 Å². The summed E-state index contributed by atoms with van der Waals surface area (Å²) in [6.45, 7) is 4.25. The molecule has 0 spiro atoms. The highest BCUT2D eigenvalue weighted by Crippen LogP contribution is 2.36. The largest absolute Gasteiger partial charge is 0.508 e. The Labute approximate surface area is 99.5 Å². The molecule has 0 bridgehead atoms. The summed E-state index contributed by atoms with van der Waals surface area (Å²) in [4.78, 5) is 0. The van der Waals surface area contributed by atoms with Gasteiger partial charge in [0, 0.05) is 0 Å². The first-order chi connectivity index (χ1) is 7.79. The fourth-order valence-corrected chi connectivity index (χ4v) is 2.25. The summed E-state index contributed by atoms with van der Waals surface area (Å²) in [6, 6.07) is 7.76. The smallest absolute Gasteiger partial charge is 0.119 e. The van der Waals surface area contributed by atoms with E-state index < -0.39 is 0 Å². The Morgan fingerprint density at radius 3 is 2.19 bits per heavy atom. The molecule has 0 heterocycles. The highest BCUT2D eigenvalue weighted by Gasteiger charge is 2.17. The molecule has 1 aliphatic rings. The molecule has 1 aliphatic carbocycles. The van der Waals surface area contributed by atoms with Gasteiger partial charge < -0.3 is 5.11 Å². The molecular formula is C15H24O. The molecule has 1 fully saturated rings. The molecule has 1 aromatic rings. The maximum Gasteiger partial charge on any atom is 0.119 e. The zero-order valence-corrected chi connectivity index (χ0v) is 10.6. The van der Waals surface area contributed by atoms with E-state index in [0.29, 0.717) is 11.7 Å². The zero-order chi connectivity index (χ0) is 11.8. The van der Waals surface area contributed by atoms with Crippen LogP contribution in [-0.4, -0.2) is 5.11 Å². The van der Waals surface area contributed by atoms with Crippen LogP contribution in [0.1, 0.15) is 63.9 Å². The molecule has 0 unspecified atom stereocenters. The van der Waals surface area contributed by atoms with Gasteiger partial charge in [0.1, 0.15) is 5.75 Å². The Balaban J connectivity index is 0.000000386. The summed E-state index contributed by atoms with van der Waals surface area (Å²) in [5, 5.41) is 9.66. The van der Waals surface area contributed by atoms with Gasteiger partial charge in [0.25, 0.3) is 0 Å². The number of rotatable bonds is 1. The maximum absolute atomic E-state index is 9.66. The first-order valence-corrected chi connectivity index (χ1v) is 6.57. The summed E-state index contributed by atoms with van der Waals surface area (Å²) in [5.74, 6) is 1.09. The Bertz CT molecular complexity index is 287. The van der Waals surface area contributed by atoms with Gasteiger partial charge in [-0.3, -0.25) is 0 Å². The molecule has 1 heteroatoms. The third kappa shape index (κ3) is 3.88. The van der Waals surface area contributed by atoms with Gasteiger partial charge in [-0.15, -0.1) is 0 Å². The monoisotopic (exact) mass is 220 g/mol. The number of aromatic hydroxyl groups is 1. The number of phenolic OH excluding ortho intramolecular Hbond substituents is 1. The van der Waals surface area contributed by atoms with Gasteiger partial charge in [0.05, 0.1) is 0 Å². The van der Waals surface area contributed by atoms with Crippen LogP contribution in [0.4, 0.5) is 0 Å². The average Bonchev–Trinajstić information content (AvgIpc) is 2.32. The average molecular weight is 220 g/mol. The van der Waals surface area contributed by atoms with E-state index in [4.69, 9.17) is 0 Å². The molecule has 0 atom stereocenters. The molecule has 2 rings (SSSR count). The minimum Gasteiger partial charge on any atom is -0.508 e. The lowest BCUT2D eigenvalue weighted by atomic mass is 9.84. The van der Waals surface area contributed by atoms with Gasteiger partial charge in [-0.05, 0) is 30.4 Å². The molecule has 16 heavy (non-hydrogen) atoms. The lowest BCUT2D eigenvalue weighted by Crippen LogP contribution is -2.04. The summed E-state index contributed by atoms with van der Waals surface area (Å²) in [5.41, 5.74) is 1.15. The Hall–Kier alpha value is -0.980. The SMILES string of the molecule is CCC.Oc1ccccc1C1CCCCC1. The van der Waals surface area contributed by atoms with Gasteiger partial charge in [0.2, 0.25) is 0 Å². The molecule has 0 saturated heterocycles. The third-order valence-electron chi connectivity index (χ3n) is 2.98. The van der Waals surface area contributed by atoms with E-state index in [1.54, 1.807) is 6.07 Å². The van der Waals surface area contributed by atoms with Crippen molar-refractivity contribution >= 4 is 0 Å². The van der Waals surface area contributed by atoms with Crippen molar-refractivity contribution < 1.29 is 5.11 Å². The standard InChI is InChI=1S/C12H16O.C3H8/c13-12-9-5-4-8-11(12)10-6-2-1-3-7-10;1-3-2/h4-5,8-10,13H,1-3,6-7H2;3H2,1-2H3. The summed E-state index contributed by atoms with van der Waals surface area (Å²) < 4.78 is 0. The van der Waals surface area contributed by atoms with Crippen LogP contribution < -0.4 is 0 Å². The number of hydrogen-bond acceptors (Lipinski definition) is 1. The van der Waals surface area contributed by atoms with Crippen molar-refractivity contribution in [1.29, 1.82) is 0 Å². The van der Waals surface area contributed by atoms with Crippen LogP contribution in [0.25, 0.3) is 0 Å². The van der Waals surface area contributed by atoms with Crippen molar-refractivity contribution in [2.45, 2.75) is 58.3 Å². The Kier molecular flexibility index (Phi) is 5.99. The molecule has 1 saturated carbocycles. The van der Waals surface area contributed by atoms with Crippen molar-refractivity contribution in [3.05, 3.63) is 29.8 Å². The predicted octanol–water partition coefficient (Wildman–Crippen LogP) is 4.86. The quantitative estimate of drug-likeness (QED) is 0.717. The first kappa shape index (κ1) is 13.1. The molecule has 0 aliphatic heterocycles. The molecular weight excluding hydrogens is 196 g/mol. The van der Waals surface area contributed by atoms with E-state index in [1.807, 2.05) is 12.1 Å². The number of para-hydroxylation sites is 1. The summed E-state index contributed by atoms with van der Waals surface area (Å²) >= 11 is 0. The van der Waals surface area contributed by atoms with Crippen molar-refractivity contribution in [3.63, 3.8) is 0 Å². The second-order valence-corrected chi connectivity index (χ2v) is 4.60. The third-order valence-corrected chi connectivity index (χ3v) is 2.98. The fourth-order valence-electron chi connectivity index (χ4n) is 2.25. The van der Waals surface area contributed by atoms with E-state index in [-0.39, 0.29) is 0 Å². The molecule has 1 nitrogen and oxygen atoms in total. The van der Waals surface area contributed by atoms with E-state index in [1.165, 1.54) is 38.5 Å². The number of phenols is 1. The normalized spacial score (nSPS) is 16.4. The van der Waals surface area contributed by atoms with Crippen molar-refractivity contribution in [3.8, 4) is 5.75 Å². The minimum absolute atomic E-state index is 0.481. The zero-order valence-electron chi connectivity index (χ0n) is 10.6. The summed E-state index contributed by atoms with van der Waals surface area (Å²) in [6.07, 6.45) is 7.75. The molecule has 0 aromatic heterocycles. The van der Waals surface area contributed by atoms with Crippen LogP contribution >= 0.6 is 0 Å². The Morgan fingerprint density at radius 2 is 1.62 bits per heavy atom. The first-order valence-electron chi connectivity index (χ1n) is 6.57. The molecule has 1 N–H and O–H groups in total. The summed E-state index contributed by atoms with van der Waals surface area (Å²) in [7, 11) is 0. The highest BCUT2D eigenvalue weighted by atomic mass is 16.3. The minimum atomic E-state index is 0.481. The van der Waals surface area contributed by atoms with Gasteiger partial charge in [0.15, 0.2) is 0 Å². The van der Waals surface area contributed by atoms with E-state index in [0.717, 1.165) is 5.56 Å². The number of benzene rings is 1. The molecule has 90 valence electrons. The van der Waals surface area contributed by atoms with Gasteiger partial charge in [-0.25, -0.2) is 0 Å². The molecule has 1 aromatic carbocycles. The van der Waals surface area contributed by atoms with Crippen LogP contribution in [0, 0.1) is 0 Å². The van der Waals surface area contributed by atoms with Gasteiger partial charge in [-0.2, -0.15) is 0 Å². The van der Waals surface area contributed by atoms with Crippen LogP contribution in [0.2, 0.25) is 0 Å². The van der Waals surface area contributed by atoms with E-state index in [2.05, 4.69) is 19.9 Å². The van der Waals surface area contributed by atoms with Gasteiger partial charge in [-0.1, -0.05) is 57.7 Å². The lowest BCUT2D eigenvalue weighted by molar-refractivity contribution is 0.414. The topological polar surface area (TPSA) is 20.2 Å². The second-order valence-electron chi connectivity index (χ2n) is 4.60. The second kappa shape index (κ2) is 7.32. The molecule has 0 radical (unpaired) electrons. The fraction of sp³-hybridized carbons (Fsp3) is 0.600. The number of hydrogen-bond donors (Lipinski definition) is 1.